The maximum Gasteiger partial charge on any atom is 0.266 e. The fourth-order valence-electron chi connectivity index (χ4n) is 3.95. The van der Waals surface area contributed by atoms with Crippen LogP contribution in [0, 0.1) is 5.82 Å². The molecule has 5 rings (SSSR count). The van der Waals surface area contributed by atoms with Gasteiger partial charge in [-0.25, -0.2) is 17.5 Å². The van der Waals surface area contributed by atoms with E-state index in [2.05, 4.69) is 5.10 Å². The molecule has 0 radical (unpaired) electrons. The van der Waals surface area contributed by atoms with Crippen molar-refractivity contribution in [3.05, 3.63) is 77.1 Å². The number of thioether (sulfide) groups is 1. The highest BCUT2D eigenvalue weighted by molar-refractivity contribution is 8.26. The molecule has 3 heterocycles. The summed E-state index contributed by atoms with van der Waals surface area (Å²) in [5.41, 5.74) is 2.80. The standard InChI is InChI=1S/C23H18FN3O3S3/c24-17-8-6-15(7-9-17)21-16(13-26(25-21)18-4-2-1-3-5-18)12-20-22(28)27(23(31)32-20)19-10-11-33(29,30)14-19/h1-9,12-13,19H,10-11,14H2/b20-12+/t19-/m1/s1. The van der Waals surface area contributed by atoms with Crippen molar-refractivity contribution in [2.24, 2.45) is 0 Å². The Hall–Kier alpha value is -2.82. The van der Waals surface area contributed by atoms with E-state index < -0.39 is 15.9 Å². The monoisotopic (exact) mass is 499 g/mol. The van der Waals surface area contributed by atoms with E-state index >= 15 is 0 Å². The zero-order chi connectivity index (χ0) is 23.2. The van der Waals surface area contributed by atoms with Crippen LogP contribution in [0.5, 0.6) is 0 Å². The zero-order valence-electron chi connectivity index (χ0n) is 17.2. The lowest BCUT2D eigenvalue weighted by atomic mass is 10.1. The molecule has 1 aromatic heterocycles. The molecule has 2 aliphatic rings. The fraction of sp³-hybridized carbons (Fsp3) is 0.174. The summed E-state index contributed by atoms with van der Waals surface area (Å²) < 4.78 is 39.4. The van der Waals surface area contributed by atoms with Crippen LogP contribution in [0.1, 0.15) is 12.0 Å². The molecule has 2 saturated heterocycles. The zero-order valence-corrected chi connectivity index (χ0v) is 19.7. The number of nitrogens with zero attached hydrogens (tertiary/aromatic N) is 3. The maximum absolute atomic E-state index is 13.5. The summed E-state index contributed by atoms with van der Waals surface area (Å²) in [7, 11) is -3.16. The number of carbonyl (C=O) groups is 1. The number of para-hydroxylation sites is 1. The number of thiocarbonyl (C=S) groups is 1. The summed E-state index contributed by atoms with van der Waals surface area (Å²) in [5, 5.41) is 4.69. The van der Waals surface area contributed by atoms with E-state index in [1.54, 1.807) is 29.1 Å². The lowest BCUT2D eigenvalue weighted by Gasteiger charge is -2.20. The second kappa shape index (κ2) is 8.51. The third-order valence-electron chi connectivity index (χ3n) is 5.56. The van der Waals surface area contributed by atoms with Crippen molar-refractivity contribution >= 4 is 50.1 Å². The van der Waals surface area contributed by atoms with Gasteiger partial charge in [-0.15, -0.1) is 0 Å². The third-order valence-corrected chi connectivity index (χ3v) is 8.65. The molecule has 0 N–H and O–H groups in total. The second-order valence-electron chi connectivity index (χ2n) is 7.83. The molecule has 3 aromatic rings. The van der Waals surface area contributed by atoms with Crippen molar-refractivity contribution < 1.29 is 17.6 Å². The summed E-state index contributed by atoms with van der Waals surface area (Å²) in [6.45, 7) is 0. The van der Waals surface area contributed by atoms with Crippen molar-refractivity contribution in [3.8, 4) is 16.9 Å². The Morgan fingerprint density at radius 1 is 1.12 bits per heavy atom. The van der Waals surface area contributed by atoms with E-state index in [0.29, 0.717) is 32.5 Å². The minimum atomic E-state index is -3.16. The van der Waals surface area contributed by atoms with Crippen LogP contribution in [0.25, 0.3) is 23.0 Å². The number of hydrogen-bond donors (Lipinski definition) is 0. The number of aromatic nitrogens is 2. The number of carbonyl (C=O) groups excluding carboxylic acids is 1. The Bertz CT molecular complexity index is 1380. The molecule has 1 amide bonds. The second-order valence-corrected chi connectivity index (χ2v) is 11.7. The molecule has 2 aliphatic heterocycles. The molecular formula is C23H18FN3O3S3. The molecule has 168 valence electrons. The Balaban J connectivity index is 1.54. The molecular weight excluding hydrogens is 481 g/mol. The Morgan fingerprint density at radius 3 is 2.52 bits per heavy atom. The first-order valence-corrected chi connectivity index (χ1v) is 13.2. The third kappa shape index (κ3) is 4.38. The molecule has 33 heavy (non-hydrogen) atoms. The quantitative estimate of drug-likeness (QED) is 0.398. The number of halogens is 1. The summed E-state index contributed by atoms with van der Waals surface area (Å²) in [4.78, 5) is 15.0. The van der Waals surface area contributed by atoms with Gasteiger partial charge in [0.15, 0.2) is 9.84 Å². The van der Waals surface area contributed by atoms with Gasteiger partial charge in [0, 0.05) is 17.3 Å². The van der Waals surface area contributed by atoms with E-state index in [1.165, 1.54) is 17.0 Å². The molecule has 2 fully saturated rings. The number of hydrogen-bond acceptors (Lipinski definition) is 6. The predicted molar refractivity (Wildman–Crippen MR) is 131 cm³/mol. The van der Waals surface area contributed by atoms with Gasteiger partial charge in [0.05, 0.1) is 33.8 Å². The number of benzene rings is 2. The summed E-state index contributed by atoms with van der Waals surface area (Å²) >= 11 is 6.57. The summed E-state index contributed by atoms with van der Waals surface area (Å²) in [6.07, 6.45) is 3.91. The van der Waals surface area contributed by atoms with Crippen molar-refractivity contribution in [2.45, 2.75) is 12.5 Å². The first-order valence-electron chi connectivity index (χ1n) is 10.2. The van der Waals surface area contributed by atoms with Crippen LogP contribution >= 0.6 is 24.0 Å². The highest BCUT2D eigenvalue weighted by Crippen LogP contribution is 2.37. The lowest BCUT2D eigenvalue weighted by molar-refractivity contribution is -0.123. The van der Waals surface area contributed by atoms with Gasteiger partial charge in [0.2, 0.25) is 0 Å². The van der Waals surface area contributed by atoms with E-state index in [1.807, 2.05) is 30.3 Å². The van der Waals surface area contributed by atoms with E-state index in [0.717, 1.165) is 17.4 Å². The fourth-order valence-corrected chi connectivity index (χ4v) is 7.04. The van der Waals surface area contributed by atoms with Gasteiger partial charge in [-0.2, -0.15) is 5.10 Å². The van der Waals surface area contributed by atoms with Crippen LogP contribution in [0.3, 0.4) is 0 Å². The maximum atomic E-state index is 13.5. The Kier molecular flexibility index (Phi) is 5.67. The van der Waals surface area contributed by atoms with Crippen LogP contribution in [0.2, 0.25) is 0 Å². The first kappa shape index (κ1) is 22.0. The first-order chi connectivity index (χ1) is 15.8. The minimum Gasteiger partial charge on any atom is -0.289 e. The normalized spacial score (nSPS) is 21.3. The molecule has 0 saturated carbocycles. The summed E-state index contributed by atoms with van der Waals surface area (Å²) in [5.74, 6) is -0.661. The van der Waals surface area contributed by atoms with Gasteiger partial charge >= 0.3 is 0 Å². The molecule has 1 atom stereocenters. The van der Waals surface area contributed by atoms with Gasteiger partial charge in [0.25, 0.3) is 5.91 Å². The molecule has 10 heteroatoms. The molecule has 0 spiro atoms. The molecule has 6 nitrogen and oxygen atoms in total. The number of sulfone groups is 1. The number of rotatable bonds is 4. The SMILES string of the molecule is O=C1/C(=C\c2cn(-c3ccccc3)nc2-c2ccc(F)cc2)SC(=S)N1[C@@H]1CCS(=O)(=O)C1. The van der Waals surface area contributed by atoms with E-state index in [9.17, 15) is 17.6 Å². The van der Waals surface area contributed by atoms with Gasteiger partial charge in [-0.3, -0.25) is 9.69 Å². The van der Waals surface area contributed by atoms with Crippen molar-refractivity contribution in [2.75, 3.05) is 11.5 Å². The van der Waals surface area contributed by atoms with Crippen LogP contribution in [-0.2, 0) is 14.6 Å². The average Bonchev–Trinajstić information content (AvgIpc) is 3.45. The van der Waals surface area contributed by atoms with Crippen LogP contribution < -0.4 is 0 Å². The minimum absolute atomic E-state index is 0.0618. The van der Waals surface area contributed by atoms with Crippen molar-refractivity contribution in [1.29, 1.82) is 0 Å². The molecule has 0 aliphatic carbocycles. The van der Waals surface area contributed by atoms with Crippen LogP contribution in [0.15, 0.2) is 65.7 Å². The van der Waals surface area contributed by atoms with Gasteiger partial charge in [-0.1, -0.05) is 42.2 Å². The summed E-state index contributed by atoms with van der Waals surface area (Å²) in [6, 6.07) is 15.1. The molecule has 2 aromatic carbocycles. The lowest BCUT2D eigenvalue weighted by Crippen LogP contribution is -2.39. The molecule has 0 bridgehead atoms. The van der Waals surface area contributed by atoms with Gasteiger partial charge < -0.3 is 0 Å². The van der Waals surface area contributed by atoms with E-state index in [4.69, 9.17) is 12.2 Å². The molecule has 0 unspecified atom stereocenters. The van der Waals surface area contributed by atoms with Crippen molar-refractivity contribution in [3.63, 3.8) is 0 Å². The van der Waals surface area contributed by atoms with Gasteiger partial charge in [-0.05, 0) is 48.9 Å². The Labute approximate surface area is 200 Å². The topological polar surface area (TPSA) is 72.3 Å². The largest absolute Gasteiger partial charge is 0.289 e. The van der Waals surface area contributed by atoms with Crippen LogP contribution in [-0.4, -0.2) is 50.9 Å². The highest BCUT2D eigenvalue weighted by atomic mass is 32.2. The number of amides is 1. The average molecular weight is 500 g/mol. The Morgan fingerprint density at radius 2 is 1.85 bits per heavy atom. The smallest absolute Gasteiger partial charge is 0.266 e. The van der Waals surface area contributed by atoms with Crippen molar-refractivity contribution in [1.82, 2.24) is 14.7 Å². The van der Waals surface area contributed by atoms with Gasteiger partial charge in [0.1, 0.15) is 10.1 Å². The van der Waals surface area contributed by atoms with Crippen LogP contribution in [0.4, 0.5) is 4.39 Å². The highest BCUT2D eigenvalue weighted by Gasteiger charge is 2.42. The predicted octanol–water partition coefficient (Wildman–Crippen LogP) is 4.07. The van der Waals surface area contributed by atoms with E-state index in [-0.39, 0.29) is 23.2 Å².